The minimum Gasteiger partial charge on any atom is -0.497 e. The number of methoxy groups -OCH3 is 1. The van der Waals surface area contributed by atoms with Crippen LogP contribution in [0.1, 0.15) is 37.7 Å². The Balaban J connectivity index is 1.88. The van der Waals surface area contributed by atoms with Gasteiger partial charge in [-0.05, 0) is 49.3 Å². The lowest BCUT2D eigenvalue weighted by Gasteiger charge is -2.02. The van der Waals surface area contributed by atoms with Gasteiger partial charge < -0.3 is 9.53 Å². The number of rotatable bonds is 5. The number of carbonyl (C=O) groups excluding carboxylic acids is 1. The van der Waals surface area contributed by atoms with Crippen LogP contribution in [0.4, 0.5) is 0 Å². The standard InChI is InChI=1S/C14H18O2/c1-10(15)3-4-12-9-14(12)11-5-7-13(16-2)8-6-11/h5-8,12,14H,3-4,9H2,1-2H3. The largest absolute Gasteiger partial charge is 0.497 e. The first kappa shape index (κ1) is 11.2. The zero-order valence-electron chi connectivity index (χ0n) is 9.90. The van der Waals surface area contributed by atoms with E-state index >= 15 is 0 Å². The average Bonchev–Trinajstić information content (AvgIpc) is 3.06. The van der Waals surface area contributed by atoms with Crippen molar-refractivity contribution in [1.29, 1.82) is 0 Å². The van der Waals surface area contributed by atoms with Crippen LogP contribution < -0.4 is 4.74 Å². The predicted octanol–water partition coefficient (Wildman–Crippen LogP) is 3.17. The molecule has 0 heterocycles. The van der Waals surface area contributed by atoms with Crippen LogP contribution in [-0.4, -0.2) is 12.9 Å². The van der Waals surface area contributed by atoms with E-state index in [0.717, 1.165) is 24.5 Å². The van der Waals surface area contributed by atoms with Gasteiger partial charge in [0.05, 0.1) is 7.11 Å². The summed E-state index contributed by atoms with van der Waals surface area (Å²) in [6.45, 7) is 1.67. The molecule has 2 rings (SSSR count). The average molecular weight is 218 g/mol. The maximum Gasteiger partial charge on any atom is 0.129 e. The Morgan fingerprint density at radius 2 is 2.06 bits per heavy atom. The SMILES string of the molecule is COc1ccc(C2CC2CCC(C)=O)cc1. The van der Waals surface area contributed by atoms with Gasteiger partial charge in [0.25, 0.3) is 0 Å². The van der Waals surface area contributed by atoms with Gasteiger partial charge in [-0.25, -0.2) is 0 Å². The Morgan fingerprint density at radius 3 is 2.62 bits per heavy atom. The molecule has 0 aliphatic heterocycles. The number of ketones is 1. The third-order valence-electron chi connectivity index (χ3n) is 3.33. The fraction of sp³-hybridized carbons (Fsp3) is 0.500. The smallest absolute Gasteiger partial charge is 0.129 e. The van der Waals surface area contributed by atoms with Crippen LogP contribution in [0, 0.1) is 5.92 Å². The van der Waals surface area contributed by atoms with E-state index in [2.05, 4.69) is 12.1 Å². The van der Waals surface area contributed by atoms with Crippen LogP contribution in [0.3, 0.4) is 0 Å². The number of hydrogen-bond acceptors (Lipinski definition) is 2. The summed E-state index contributed by atoms with van der Waals surface area (Å²) < 4.78 is 5.13. The number of carbonyl (C=O) groups is 1. The van der Waals surface area contributed by atoms with E-state index < -0.39 is 0 Å². The van der Waals surface area contributed by atoms with Crippen LogP contribution in [0.25, 0.3) is 0 Å². The van der Waals surface area contributed by atoms with Crippen molar-refractivity contribution >= 4 is 5.78 Å². The molecule has 1 aliphatic rings. The summed E-state index contributed by atoms with van der Waals surface area (Å²) in [5, 5.41) is 0. The lowest BCUT2D eigenvalue weighted by Crippen LogP contribution is -1.92. The Bertz CT molecular complexity index is 367. The number of benzene rings is 1. The van der Waals surface area contributed by atoms with E-state index in [1.54, 1.807) is 14.0 Å². The highest BCUT2D eigenvalue weighted by Crippen LogP contribution is 2.50. The Kier molecular flexibility index (Phi) is 3.28. The molecule has 0 spiro atoms. The summed E-state index contributed by atoms with van der Waals surface area (Å²) in [6.07, 6.45) is 3.02. The van der Waals surface area contributed by atoms with Crippen molar-refractivity contribution in [2.75, 3.05) is 7.11 Å². The molecule has 0 amide bonds. The molecule has 1 aromatic carbocycles. The van der Waals surface area contributed by atoms with Gasteiger partial charge in [-0.15, -0.1) is 0 Å². The quantitative estimate of drug-likeness (QED) is 0.758. The molecule has 1 saturated carbocycles. The van der Waals surface area contributed by atoms with Gasteiger partial charge >= 0.3 is 0 Å². The first-order valence-corrected chi connectivity index (χ1v) is 5.84. The molecule has 1 aliphatic carbocycles. The van der Waals surface area contributed by atoms with Crippen molar-refractivity contribution in [3.8, 4) is 5.75 Å². The van der Waals surface area contributed by atoms with Gasteiger partial charge in [0, 0.05) is 6.42 Å². The van der Waals surface area contributed by atoms with E-state index in [0.29, 0.717) is 11.7 Å². The van der Waals surface area contributed by atoms with Crippen molar-refractivity contribution in [1.82, 2.24) is 0 Å². The Labute approximate surface area is 96.6 Å². The number of ether oxygens (including phenoxy) is 1. The van der Waals surface area contributed by atoms with E-state index in [9.17, 15) is 4.79 Å². The van der Waals surface area contributed by atoms with Gasteiger partial charge in [-0.1, -0.05) is 12.1 Å². The fourth-order valence-electron chi connectivity index (χ4n) is 2.21. The maximum atomic E-state index is 10.9. The lowest BCUT2D eigenvalue weighted by atomic mass is 10.1. The minimum absolute atomic E-state index is 0.306. The molecule has 86 valence electrons. The van der Waals surface area contributed by atoms with Crippen molar-refractivity contribution in [2.24, 2.45) is 5.92 Å². The van der Waals surface area contributed by atoms with E-state index in [1.807, 2.05) is 12.1 Å². The molecule has 2 unspecified atom stereocenters. The van der Waals surface area contributed by atoms with Crippen LogP contribution in [-0.2, 0) is 4.79 Å². The summed E-state index contributed by atoms with van der Waals surface area (Å²) in [7, 11) is 1.68. The molecule has 1 fully saturated rings. The second kappa shape index (κ2) is 4.69. The Hall–Kier alpha value is -1.31. The minimum atomic E-state index is 0.306. The Morgan fingerprint density at radius 1 is 1.38 bits per heavy atom. The normalized spacial score (nSPS) is 22.9. The van der Waals surface area contributed by atoms with Crippen molar-refractivity contribution in [2.45, 2.75) is 32.1 Å². The summed E-state index contributed by atoms with van der Waals surface area (Å²) in [4.78, 5) is 10.9. The molecule has 16 heavy (non-hydrogen) atoms. The first-order valence-electron chi connectivity index (χ1n) is 5.84. The second-order valence-corrected chi connectivity index (χ2v) is 4.62. The lowest BCUT2D eigenvalue weighted by molar-refractivity contribution is -0.117. The zero-order chi connectivity index (χ0) is 11.5. The zero-order valence-corrected chi connectivity index (χ0v) is 9.90. The van der Waals surface area contributed by atoms with Crippen LogP contribution in [0.2, 0.25) is 0 Å². The van der Waals surface area contributed by atoms with Crippen molar-refractivity contribution in [3.63, 3.8) is 0 Å². The molecule has 2 nitrogen and oxygen atoms in total. The highest BCUT2D eigenvalue weighted by Gasteiger charge is 2.37. The van der Waals surface area contributed by atoms with Crippen molar-refractivity contribution in [3.05, 3.63) is 29.8 Å². The van der Waals surface area contributed by atoms with Crippen LogP contribution >= 0.6 is 0 Å². The first-order chi connectivity index (χ1) is 7.70. The van der Waals surface area contributed by atoms with E-state index in [4.69, 9.17) is 4.74 Å². The summed E-state index contributed by atoms with van der Waals surface area (Å²) in [6, 6.07) is 8.29. The molecule has 0 saturated heterocycles. The number of hydrogen-bond donors (Lipinski definition) is 0. The van der Waals surface area contributed by atoms with Crippen molar-refractivity contribution < 1.29 is 9.53 Å². The third kappa shape index (κ3) is 2.63. The molecule has 2 atom stereocenters. The third-order valence-corrected chi connectivity index (χ3v) is 3.33. The molecular weight excluding hydrogens is 200 g/mol. The van der Waals surface area contributed by atoms with Gasteiger partial charge in [-0.3, -0.25) is 0 Å². The van der Waals surface area contributed by atoms with Gasteiger partial charge in [0.1, 0.15) is 11.5 Å². The maximum absolute atomic E-state index is 10.9. The highest BCUT2D eigenvalue weighted by atomic mass is 16.5. The summed E-state index contributed by atoms with van der Waals surface area (Å²) >= 11 is 0. The molecule has 0 radical (unpaired) electrons. The van der Waals surface area contributed by atoms with E-state index in [1.165, 1.54) is 12.0 Å². The second-order valence-electron chi connectivity index (χ2n) is 4.62. The van der Waals surface area contributed by atoms with E-state index in [-0.39, 0.29) is 0 Å². The highest BCUT2D eigenvalue weighted by molar-refractivity contribution is 5.75. The molecule has 1 aromatic rings. The topological polar surface area (TPSA) is 26.3 Å². The van der Waals surface area contributed by atoms with Crippen LogP contribution in [0.5, 0.6) is 5.75 Å². The monoisotopic (exact) mass is 218 g/mol. The summed E-state index contributed by atoms with van der Waals surface area (Å²) in [5.41, 5.74) is 1.38. The van der Waals surface area contributed by atoms with Crippen LogP contribution in [0.15, 0.2) is 24.3 Å². The summed E-state index contributed by atoms with van der Waals surface area (Å²) in [5.74, 6) is 2.60. The predicted molar refractivity (Wildman–Crippen MR) is 63.8 cm³/mol. The molecule has 0 bridgehead atoms. The number of Topliss-reactive ketones (excluding diaryl/α,β-unsaturated/α-hetero) is 1. The molecular formula is C14H18O2. The van der Waals surface area contributed by atoms with Gasteiger partial charge in [0.15, 0.2) is 0 Å². The van der Waals surface area contributed by atoms with Gasteiger partial charge in [-0.2, -0.15) is 0 Å². The fourth-order valence-corrected chi connectivity index (χ4v) is 2.21. The molecule has 2 heteroatoms. The molecule has 0 aromatic heterocycles. The molecule has 0 N–H and O–H groups in total. The van der Waals surface area contributed by atoms with Gasteiger partial charge in [0.2, 0.25) is 0 Å².